The van der Waals surface area contributed by atoms with Crippen LogP contribution in [0.5, 0.6) is 11.5 Å². The summed E-state index contributed by atoms with van der Waals surface area (Å²) in [5.41, 5.74) is 1.62. The SMILES string of the molecule is COC(=O)[C@]1(c2cccc(Oc3cccc(C)c3)c2)C[C@H]1C. The van der Waals surface area contributed by atoms with Crippen molar-refractivity contribution in [2.75, 3.05) is 7.11 Å². The Balaban J connectivity index is 1.89. The van der Waals surface area contributed by atoms with Crippen LogP contribution >= 0.6 is 0 Å². The van der Waals surface area contributed by atoms with Crippen LogP contribution in [0.1, 0.15) is 24.5 Å². The summed E-state index contributed by atoms with van der Waals surface area (Å²) in [6.45, 7) is 4.10. The zero-order valence-corrected chi connectivity index (χ0v) is 13.1. The molecule has 1 fully saturated rings. The second-order valence-electron chi connectivity index (χ2n) is 6.01. The largest absolute Gasteiger partial charge is 0.468 e. The van der Waals surface area contributed by atoms with Crippen molar-refractivity contribution in [3.05, 3.63) is 59.7 Å². The maximum Gasteiger partial charge on any atom is 0.316 e. The van der Waals surface area contributed by atoms with Crippen LogP contribution in [0.2, 0.25) is 0 Å². The Hall–Kier alpha value is -2.29. The predicted octanol–water partition coefficient (Wildman–Crippen LogP) is 4.24. The highest BCUT2D eigenvalue weighted by Gasteiger charge is 2.59. The first-order valence-electron chi connectivity index (χ1n) is 7.50. The lowest BCUT2D eigenvalue weighted by molar-refractivity contribution is -0.144. The molecule has 0 saturated heterocycles. The number of ether oxygens (including phenoxy) is 2. The van der Waals surface area contributed by atoms with E-state index in [2.05, 4.69) is 6.92 Å². The van der Waals surface area contributed by atoms with Crippen molar-refractivity contribution >= 4 is 5.97 Å². The molecule has 0 unspecified atom stereocenters. The number of benzene rings is 2. The van der Waals surface area contributed by atoms with Crippen LogP contribution in [0, 0.1) is 12.8 Å². The van der Waals surface area contributed by atoms with Gasteiger partial charge in [-0.1, -0.05) is 31.2 Å². The zero-order chi connectivity index (χ0) is 15.7. The van der Waals surface area contributed by atoms with Crippen molar-refractivity contribution in [3.63, 3.8) is 0 Å². The highest BCUT2D eigenvalue weighted by Crippen LogP contribution is 2.55. The van der Waals surface area contributed by atoms with E-state index >= 15 is 0 Å². The van der Waals surface area contributed by atoms with Crippen molar-refractivity contribution in [1.82, 2.24) is 0 Å². The third-order valence-electron chi connectivity index (χ3n) is 4.43. The monoisotopic (exact) mass is 296 g/mol. The van der Waals surface area contributed by atoms with E-state index in [4.69, 9.17) is 9.47 Å². The van der Waals surface area contributed by atoms with E-state index in [9.17, 15) is 4.79 Å². The molecule has 0 bridgehead atoms. The minimum absolute atomic E-state index is 0.160. The van der Waals surface area contributed by atoms with Gasteiger partial charge in [-0.05, 0) is 54.7 Å². The highest BCUT2D eigenvalue weighted by molar-refractivity contribution is 5.87. The number of rotatable bonds is 4. The first kappa shape index (κ1) is 14.6. The van der Waals surface area contributed by atoms with E-state index < -0.39 is 5.41 Å². The highest BCUT2D eigenvalue weighted by atomic mass is 16.5. The van der Waals surface area contributed by atoms with Crippen LogP contribution in [-0.2, 0) is 14.9 Å². The van der Waals surface area contributed by atoms with Crippen LogP contribution in [0.25, 0.3) is 0 Å². The van der Waals surface area contributed by atoms with Gasteiger partial charge in [-0.15, -0.1) is 0 Å². The van der Waals surface area contributed by atoms with Crippen molar-refractivity contribution in [2.45, 2.75) is 25.7 Å². The maximum atomic E-state index is 12.2. The van der Waals surface area contributed by atoms with Crippen molar-refractivity contribution in [1.29, 1.82) is 0 Å². The molecule has 3 nitrogen and oxygen atoms in total. The van der Waals surface area contributed by atoms with E-state index in [1.807, 2.05) is 55.5 Å². The van der Waals surface area contributed by atoms with Gasteiger partial charge in [0.1, 0.15) is 11.5 Å². The Bertz CT molecular complexity index is 707. The fourth-order valence-electron chi connectivity index (χ4n) is 3.06. The molecule has 0 heterocycles. The second kappa shape index (κ2) is 5.48. The summed E-state index contributed by atoms with van der Waals surface area (Å²) in [5.74, 6) is 1.68. The summed E-state index contributed by atoms with van der Waals surface area (Å²) in [6, 6.07) is 15.7. The maximum absolute atomic E-state index is 12.2. The average Bonchev–Trinajstić information content (AvgIpc) is 3.19. The fraction of sp³-hybridized carbons (Fsp3) is 0.316. The molecular formula is C19H20O3. The van der Waals surface area contributed by atoms with Gasteiger partial charge in [-0.25, -0.2) is 0 Å². The molecule has 22 heavy (non-hydrogen) atoms. The van der Waals surface area contributed by atoms with Gasteiger partial charge >= 0.3 is 5.97 Å². The van der Waals surface area contributed by atoms with E-state index in [-0.39, 0.29) is 5.97 Å². The van der Waals surface area contributed by atoms with Gasteiger partial charge in [0.05, 0.1) is 12.5 Å². The quantitative estimate of drug-likeness (QED) is 0.792. The first-order valence-corrected chi connectivity index (χ1v) is 7.50. The van der Waals surface area contributed by atoms with Gasteiger partial charge in [0.25, 0.3) is 0 Å². The van der Waals surface area contributed by atoms with Crippen LogP contribution in [0.15, 0.2) is 48.5 Å². The van der Waals surface area contributed by atoms with Gasteiger partial charge < -0.3 is 9.47 Å². The molecule has 0 amide bonds. The van der Waals surface area contributed by atoms with E-state index in [1.165, 1.54) is 7.11 Å². The molecule has 114 valence electrons. The summed E-state index contributed by atoms with van der Waals surface area (Å²) in [7, 11) is 1.45. The summed E-state index contributed by atoms with van der Waals surface area (Å²) >= 11 is 0. The third kappa shape index (κ3) is 2.47. The number of carbonyl (C=O) groups excluding carboxylic acids is 1. The summed E-state index contributed by atoms with van der Waals surface area (Å²) in [4.78, 5) is 12.2. The molecule has 1 aliphatic rings. The van der Waals surface area contributed by atoms with Crippen LogP contribution in [0.4, 0.5) is 0 Å². The van der Waals surface area contributed by atoms with Crippen LogP contribution < -0.4 is 4.74 Å². The molecule has 0 N–H and O–H groups in total. The Morgan fingerprint density at radius 2 is 1.77 bits per heavy atom. The lowest BCUT2D eigenvalue weighted by Gasteiger charge is -2.16. The molecule has 2 aromatic carbocycles. The molecule has 3 heteroatoms. The predicted molar refractivity (Wildman–Crippen MR) is 85.2 cm³/mol. The molecule has 1 aliphatic carbocycles. The fourth-order valence-corrected chi connectivity index (χ4v) is 3.06. The van der Waals surface area contributed by atoms with Gasteiger partial charge in [0.2, 0.25) is 0 Å². The van der Waals surface area contributed by atoms with Crippen molar-refractivity contribution in [2.24, 2.45) is 5.92 Å². The minimum Gasteiger partial charge on any atom is -0.468 e. The number of hydrogen-bond donors (Lipinski definition) is 0. The normalized spacial score (nSPS) is 23.0. The first-order chi connectivity index (χ1) is 10.6. The molecule has 0 aliphatic heterocycles. The number of hydrogen-bond acceptors (Lipinski definition) is 3. The van der Waals surface area contributed by atoms with E-state index in [1.54, 1.807) is 0 Å². The lowest BCUT2D eigenvalue weighted by atomic mass is 9.93. The molecule has 1 saturated carbocycles. The van der Waals surface area contributed by atoms with Crippen molar-refractivity contribution in [3.8, 4) is 11.5 Å². The van der Waals surface area contributed by atoms with Gasteiger partial charge in [-0.2, -0.15) is 0 Å². The standard InChI is InChI=1S/C19H20O3/c1-13-6-4-8-16(10-13)22-17-9-5-7-15(11-17)19(12-14(19)2)18(20)21-3/h4-11,14H,12H2,1-3H3/t14-,19-/m1/s1. The molecular weight excluding hydrogens is 276 g/mol. The Morgan fingerprint density at radius 3 is 2.36 bits per heavy atom. The molecule has 2 aromatic rings. The molecule has 0 spiro atoms. The van der Waals surface area contributed by atoms with Gasteiger partial charge in [-0.3, -0.25) is 4.79 Å². The van der Waals surface area contributed by atoms with Crippen LogP contribution in [0.3, 0.4) is 0 Å². The van der Waals surface area contributed by atoms with Crippen molar-refractivity contribution < 1.29 is 14.3 Å². The molecule has 3 rings (SSSR count). The summed E-state index contributed by atoms with van der Waals surface area (Å²) in [5, 5.41) is 0. The number of esters is 1. The lowest BCUT2D eigenvalue weighted by Crippen LogP contribution is -2.24. The van der Waals surface area contributed by atoms with Gasteiger partial charge in [0.15, 0.2) is 0 Å². The average molecular weight is 296 g/mol. The van der Waals surface area contributed by atoms with E-state index in [0.717, 1.165) is 29.0 Å². The summed E-state index contributed by atoms with van der Waals surface area (Å²) < 4.78 is 10.9. The molecule has 0 radical (unpaired) electrons. The van der Waals surface area contributed by atoms with Crippen LogP contribution in [-0.4, -0.2) is 13.1 Å². The van der Waals surface area contributed by atoms with Gasteiger partial charge in [0, 0.05) is 0 Å². The zero-order valence-electron chi connectivity index (χ0n) is 13.1. The second-order valence-corrected chi connectivity index (χ2v) is 6.01. The smallest absolute Gasteiger partial charge is 0.316 e. The number of aryl methyl sites for hydroxylation is 1. The minimum atomic E-state index is -0.499. The molecule has 2 atom stereocenters. The molecule has 0 aromatic heterocycles. The summed E-state index contributed by atoms with van der Waals surface area (Å²) in [6.07, 6.45) is 0.827. The number of methoxy groups -OCH3 is 1. The Morgan fingerprint density at radius 1 is 1.14 bits per heavy atom. The van der Waals surface area contributed by atoms with E-state index in [0.29, 0.717) is 5.92 Å². The topological polar surface area (TPSA) is 35.5 Å². The Labute approximate surface area is 130 Å². The number of carbonyl (C=O) groups is 1. The third-order valence-corrected chi connectivity index (χ3v) is 4.43. The Kier molecular flexibility index (Phi) is 3.65.